The fraction of sp³-hybridized carbons (Fsp3) is 0. The molecule has 5 heteroatoms. The molecule has 2 aliphatic heterocycles. The van der Waals surface area contributed by atoms with Crippen molar-refractivity contribution in [1.82, 2.24) is 14.3 Å². The molecular weight excluding hydrogens is 508 g/mol. The van der Waals surface area contributed by atoms with E-state index in [0.29, 0.717) is 5.82 Å². The Kier molecular flexibility index (Phi) is 6.19. The predicted octanol–water partition coefficient (Wildman–Crippen LogP) is 8.78. The molecule has 0 spiro atoms. The van der Waals surface area contributed by atoms with Crippen LogP contribution in [-0.2, 0) is 0 Å². The number of amidine groups is 1. The first-order valence-electron chi connectivity index (χ1n) is 13.1. The second-order valence-electron chi connectivity index (χ2n) is 9.52. The van der Waals surface area contributed by atoms with Gasteiger partial charge in [-0.05, 0) is 47.4 Å². The van der Waals surface area contributed by atoms with E-state index in [1.807, 2.05) is 54.6 Å². The SMILES string of the molecule is C=C1N=C2C=CC(c3ccc(-c4nc(-c5ccccc5)cc(-c5ccccc5)n4)cc3)=CN2Sc2ccccc21. The van der Waals surface area contributed by atoms with Crippen molar-refractivity contribution in [2.24, 2.45) is 4.99 Å². The summed E-state index contributed by atoms with van der Waals surface area (Å²) >= 11 is 1.66. The van der Waals surface area contributed by atoms with E-state index in [2.05, 4.69) is 89.9 Å². The second-order valence-corrected chi connectivity index (χ2v) is 10.5. The zero-order chi connectivity index (χ0) is 26.9. The van der Waals surface area contributed by atoms with E-state index in [1.54, 1.807) is 11.9 Å². The maximum atomic E-state index is 4.96. The average Bonchev–Trinajstić information content (AvgIpc) is 3.17. The van der Waals surface area contributed by atoms with Crippen LogP contribution >= 0.6 is 11.9 Å². The van der Waals surface area contributed by atoms with Gasteiger partial charge in [0.2, 0.25) is 0 Å². The number of rotatable bonds is 4. The van der Waals surface area contributed by atoms with Crippen LogP contribution in [0.15, 0.2) is 150 Å². The highest BCUT2D eigenvalue weighted by Crippen LogP contribution is 2.38. The molecular formula is C35H24N4S. The van der Waals surface area contributed by atoms with Crippen molar-refractivity contribution >= 4 is 29.1 Å². The van der Waals surface area contributed by atoms with Crippen LogP contribution < -0.4 is 0 Å². The molecule has 0 saturated heterocycles. The molecule has 0 fully saturated rings. The third kappa shape index (κ3) is 4.68. The van der Waals surface area contributed by atoms with Gasteiger partial charge in [0.05, 0.1) is 17.1 Å². The summed E-state index contributed by atoms with van der Waals surface area (Å²) in [6, 6.07) is 39.3. The third-order valence-corrected chi connectivity index (χ3v) is 7.92. The minimum Gasteiger partial charge on any atom is -0.271 e. The number of hydrogen-bond donors (Lipinski definition) is 0. The molecule has 4 nitrogen and oxygen atoms in total. The van der Waals surface area contributed by atoms with Gasteiger partial charge in [0.1, 0.15) is 5.84 Å². The molecule has 2 aliphatic rings. The molecule has 0 N–H and O–H groups in total. The lowest BCUT2D eigenvalue weighted by molar-refractivity contribution is 0.932. The molecule has 0 atom stereocenters. The van der Waals surface area contributed by atoms with Gasteiger partial charge in [-0.3, -0.25) is 4.31 Å². The van der Waals surface area contributed by atoms with Crippen LogP contribution in [0.5, 0.6) is 0 Å². The minimum absolute atomic E-state index is 0.701. The quantitative estimate of drug-likeness (QED) is 0.217. The fourth-order valence-corrected chi connectivity index (χ4v) is 5.79. The Bertz CT molecular complexity index is 1760. The first-order valence-corrected chi connectivity index (χ1v) is 13.8. The molecule has 0 aliphatic carbocycles. The second kappa shape index (κ2) is 10.3. The van der Waals surface area contributed by atoms with Crippen molar-refractivity contribution in [2.75, 3.05) is 0 Å². The molecule has 40 heavy (non-hydrogen) atoms. The van der Waals surface area contributed by atoms with E-state index in [-0.39, 0.29) is 0 Å². The van der Waals surface area contributed by atoms with E-state index in [4.69, 9.17) is 15.0 Å². The number of benzene rings is 4. The van der Waals surface area contributed by atoms with E-state index in [9.17, 15) is 0 Å². The molecule has 3 heterocycles. The average molecular weight is 533 g/mol. The Labute approximate surface area is 237 Å². The van der Waals surface area contributed by atoms with Gasteiger partial charge >= 0.3 is 0 Å². The molecule has 0 radical (unpaired) electrons. The first-order chi connectivity index (χ1) is 19.7. The van der Waals surface area contributed by atoms with Gasteiger partial charge in [-0.1, -0.05) is 110 Å². The van der Waals surface area contributed by atoms with Crippen molar-refractivity contribution in [2.45, 2.75) is 4.90 Å². The van der Waals surface area contributed by atoms with E-state index in [1.165, 1.54) is 0 Å². The van der Waals surface area contributed by atoms with Crippen LogP contribution in [0.25, 0.3) is 45.2 Å². The maximum absolute atomic E-state index is 4.96. The third-order valence-electron chi connectivity index (χ3n) is 6.88. The molecule has 7 rings (SSSR count). The van der Waals surface area contributed by atoms with Gasteiger partial charge in [0, 0.05) is 33.3 Å². The summed E-state index contributed by atoms with van der Waals surface area (Å²) in [5.74, 6) is 1.57. The Hall–Kier alpha value is -5.00. The molecule has 5 aromatic rings. The summed E-state index contributed by atoms with van der Waals surface area (Å²) in [5, 5.41) is 0. The fourth-order valence-electron chi connectivity index (χ4n) is 4.79. The van der Waals surface area contributed by atoms with Gasteiger partial charge in [-0.15, -0.1) is 0 Å². The number of allylic oxidation sites excluding steroid dienone is 2. The standard InChI is InChI=1S/C35H24N4S/c1-24-30-14-8-9-15-33(30)40-39-23-29(20-21-34(39)36-24)25-16-18-28(19-17-25)35-37-31(26-10-4-2-5-11-26)22-32(38-35)27-12-6-3-7-13-27/h2-23H,1H2. The lowest BCUT2D eigenvalue weighted by Crippen LogP contribution is -2.18. The van der Waals surface area contributed by atoms with Crippen LogP contribution in [0.4, 0.5) is 0 Å². The van der Waals surface area contributed by atoms with Crippen LogP contribution in [0.3, 0.4) is 0 Å². The number of aromatic nitrogens is 2. The molecule has 0 saturated carbocycles. The summed E-state index contributed by atoms with van der Waals surface area (Å²) in [4.78, 5) is 15.8. The molecule has 4 aromatic carbocycles. The lowest BCUT2D eigenvalue weighted by atomic mass is 10.0. The Morgan fingerprint density at radius 1 is 0.600 bits per heavy atom. The first kappa shape index (κ1) is 24.1. The van der Waals surface area contributed by atoms with E-state index in [0.717, 1.165) is 61.2 Å². The van der Waals surface area contributed by atoms with Crippen molar-refractivity contribution in [3.8, 4) is 33.9 Å². The summed E-state index contributed by atoms with van der Waals surface area (Å²) < 4.78 is 2.11. The number of aliphatic imine (C=N–C) groups is 1. The molecule has 0 unspecified atom stereocenters. The number of fused-ring (bicyclic) bond motifs is 2. The Morgan fingerprint density at radius 2 is 1.20 bits per heavy atom. The summed E-state index contributed by atoms with van der Waals surface area (Å²) in [7, 11) is 0. The molecule has 0 amide bonds. The Balaban J connectivity index is 1.23. The maximum Gasteiger partial charge on any atom is 0.160 e. The number of hydrogen-bond acceptors (Lipinski definition) is 5. The van der Waals surface area contributed by atoms with Crippen LogP contribution in [0.2, 0.25) is 0 Å². The molecule has 1 aromatic heterocycles. The largest absolute Gasteiger partial charge is 0.271 e. The van der Waals surface area contributed by atoms with Crippen LogP contribution in [0, 0.1) is 0 Å². The zero-order valence-electron chi connectivity index (χ0n) is 21.6. The highest BCUT2D eigenvalue weighted by atomic mass is 32.2. The van der Waals surface area contributed by atoms with Gasteiger partial charge in [-0.25, -0.2) is 15.0 Å². The van der Waals surface area contributed by atoms with Crippen molar-refractivity contribution in [3.63, 3.8) is 0 Å². The highest BCUT2D eigenvalue weighted by molar-refractivity contribution is 7.97. The summed E-state index contributed by atoms with van der Waals surface area (Å²) in [6.07, 6.45) is 6.29. The molecule has 0 bridgehead atoms. The van der Waals surface area contributed by atoms with E-state index < -0.39 is 0 Å². The monoisotopic (exact) mass is 532 g/mol. The van der Waals surface area contributed by atoms with Crippen LogP contribution in [-0.4, -0.2) is 20.1 Å². The van der Waals surface area contributed by atoms with Gasteiger partial charge in [0.15, 0.2) is 5.82 Å². The predicted molar refractivity (Wildman–Crippen MR) is 166 cm³/mol. The lowest BCUT2D eigenvalue weighted by Gasteiger charge is -2.22. The minimum atomic E-state index is 0.701. The number of nitrogens with zero attached hydrogens (tertiary/aromatic N) is 4. The topological polar surface area (TPSA) is 41.4 Å². The zero-order valence-corrected chi connectivity index (χ0v) is 22.4. The van der Waals surface area contributed by atoms with Crippen molar-refractivity contribution < 1.29 is 0 Å². The van der Waals surface area contributed by atoms with Crippen LogP contribution in [0.1, 0.15) is 11.1 Å². The van der Waals surface area contributed by atoms with Crippen molar-refractivity contribution in [3.05, 3.63) is 151 Å². The normalized spacial score (nSPS) is 14.1. The van der Waals surface area contributed by atoms with Gasteiger partial charge in [0.25, 0.3) is 0 Å². The Morgan fingerprint density at radius 3 is 1.88 bits per heavy atom. The highest BCUT2D eigenvalue weighted by Gasteiger charge is 2.21. The van der Waals surface area contributed by atoms with Gasteiger partial charge in [-0.2, -0.15) is 0 Å². The smallest absolute Gasteiger partial charge is 0.160 e. The summed E-state index contributed by atoms with van der Waals surface area (Å²) in [5.41, 5.74) is 8.95. The molecule has 190 valence electrons. The van der Waals surface area contributed by atoms with Gasteiger partial charge < -0.3 is 0 Å². The van der Waals surface area contributed by atoms with E-state index >= 15 is 0 Å². The van der Waals surface area contributed by atoms with Crippen molar-refractivity contribution in [1.29, 1.82) is 0 Å². The summed E-state index contributed by atoms with van der Waals surface area (Å²) in [6.45, 7) is 4.18.